The first-order valence-electron chi connectivity index (χ1n) is 5.39. The van der Waals surface area contributed by atoms with E-state index in [1.165, 1.54) is 30.2 Å². The van der Waals surface area contributed by atoms with Gasteiger partial charge in [0.1, 0.15) is 17.1 Å². The number of aliphatic carboxylic acids is 1. The highest BCUT2D eigenvalue weighted by atomic mass is 19.1. The van der Waals surface area contributed by atoms with E-state index in [1.807, 2.05) is 0 Å². The van der Waals surface area contributed by atoms with E-state index in [0.717, 1.165) is 0 Å². The van der Waals surface area contributed by atoms with Crippen LogP contribution in [0.5, 0.6) is 5.75 Å². The molecule has 6 heteroatoms. The lowest BCUT2D eigenvalue weighted by Crippen LogP contribution is -2.53. The Kier molecular flexibility index (Phi) is 3.18. The van der Waals surface area contributed by atoms with Crippen LogP contribution in [0.3, 0.4) is 0 Å². The van der Waals surface area contributed by atoms with Gasteiger partial charge in [0, 0.05) is 13.1 Å². The second kappa shape index (κ2) is 4.64. The van der Waals surface area contributed by atoms with E-state index in [4.69, 9.17) is 9.84 Å². The van der Waals surface area contributed by atoms with Gasteiger partial charge in [-0.2, -0.15) is 0 Å². The van der Waals surface area contributed by atoms with Gasteiger partial charge >= 0.3 is 5.97 Å². The average Bonchev–Trinajstić information content (AvgIpc) is 2.25. The number of nitrogens with zero attached hydrogens (tertiary/aromatic N) is 1. The van der Waals surface area contributed by atoms with Gasteiger partial charge in [0.05, 0.1) is 13.0 Å². The van der Waals surface area contributed by atoms with Crippen LogP contribution in [0.2, 0.25) is 0 Å². The first-order chi connectivity index (χ1) is 8.54. The molecule has 0 aromatic heterocycles. The maximum atomic E-state index is 13.6. The summed E-state index contributed by atoms with van der Waals surface area (Å²) in [5, 5.41) is 8.72. The number of carbonyl (C=O) groups excluding carboxylic acids is 1. The van der Waals surface area contributed by atoms with Crippen molar-refractivity contribution >= 4 is 11.9 Å². The minimum Gasteiger partial charge on any atom is -0.496 e. The third-order valence-electron chi connectivity index (χ3n) is 2.93. The summed E-state index contributed by atoms with van der Waals surface area (Å²) in [7, 11) is 1.35. The van der Waals surface area contributed by atoms with Crippen LogP contribution < -0.4 is 4.74 Å². The van der Waals surface area contributed by atoms with E-state index in [1.54, 1.807) is 0 Å². The van der Waals surface area contributed by atoms with E-state index in [9.17, 15) is 14.0 Å². The third kappa shape index (κ3) is 2.01. The molecular weight excluding hydrogens is 241 g/mol. The average molecular weight is 253 g/mol. The van der Waals surface area contributed by atoms with Gasteiger partial charge in [-0.1, -0.05) is 6.07 Å². The third-order valence-corrected chi connectivity index (χ3v) is 2.93. The molecule has 1 amide bonds. The summed E-state index contributed by atoms with van der Waals surface area (Å²) in [5.41, 5.74) is -0.149. The zero-order valence-electron chi connectivity index (χ0n) is 9.72. The molecule has 1 aromatic rings. The molecule has 0 bridgehead atoms. The summed E-state index contributed by atoms with van der Waals surface area (Å²) in [6.07, 6.45) is 0. The Morgan fingerprint density at radius 3 is 2.67 bits per heavy atom. The maximum absolute atomic E-state index is 13.6. The van der Waals surface area contributed by atoms with Crippen molar-refractivity contribution < 1.29 is 23.8 Å². The summed E-state index contributed by atoms with van der Waals surface area (Å²) < 4.78 is 18.6. The lowest BCUT2D eigenvalue weighted by Gasteiger charge is -2.36. The SMILES string of the molecule is COc1cccc(F)c1C(=O)N1CC(C(=O)O)C1. The van der Waals surface area contributed by atoms with Crippen molar-refractivity contribution in [1.82, 2.24) is 4.90 Å². The minimum atomic E-state index is -0.945. The Hall–Kier alpha value is -2.11. The number of ether oxygens (including phenoxy) is 1. The van der Waals surface area contributed by atoms with Gasteiger partial charge in [-0.25, -0.2) is 4.39 Å². The Bertz CT molecular complexity index is 497. The fourth-order valence-electron chi connectivity index (χ4n) is 1.84. The molecule has 1 fully saturated rings. The first-order valence-corrected chi connectivity index (χ1v) is 5.39. The van der Waals surface area contributed by atoms with Crippen molar-refractivity contribution in [1.29, 1.82) is 0 Å². The Labute approximate surface area is 103 Å². The first kappa shape index (κ1) is 12.3. The maximum Gasteiger partial charge on any atom is 0.310 e. The molecule has 1 N–H and O–H groups in total. The van der Waals surface area contributed by atoms with Crippen LogP contribution in [0.15, 0.2) is 18.2 Å². The molecule has 96 valence electrons. The van der Waals surface area contributed by atoms with Crippen molar-refractivity contribution in [3.63, 3.8) is 0 Å². The molecule has 0 spiro atoms. The van der Waals surface area contributed by atoms with E-state index >= 15 is 0 Å². The predicted octanol–water partition coefficient (Wildman–Crippen LogP) is 0.991. The Morgan fingerprint density at radius 1 is 1.44 bits per heavy atom. The van der Waals surface area contributed by atoms with Gasteiger partial charge in [-0.15, -0.1) is 0 Å². The highest BCUT2D eigenvalue weighted by Gasteiger charge is 2.37. The largest absolute Gasteiger partial charge is 0.496 e. The number of rotatable bonds is 3. The number of amides is 1. The van der Waals surface area contributed by atoms with Crippen molar-refractivity contribution in [3.8, 4) is 5.75 Å². The van der Waals surface area contributed by atoms with Gasteiger partial charge in [-0.05, 0) is 12.1 Å². The van der Waals surface area contributed by atoms with Crippen LogP contribution in [-0.4, -0.2) is 42.1 Å². The molecule has 1 aromatic carbocycles. The number of carbonyl (C=O) groups is 2. The number of halogens is 1. The molecule has 18 heavy (non-hydrogen) atoms. The normalized spacial score (nSPS) is 15.1. The number of hydrogen-bond donors (Lipinski definition) is 1. The topological polar surface area (TPSA) is 66.8 Å². The molecular formula is C12H12FNO4. The summed E-state index contributed by atoms with van der Waals surface area (Å²) in [4.78, 5) is 23.9. The number of hydrogen-bond acceptors (Lipinski definition) is 3. The lowest BCUT2D eigenvalue weighted by molar-refractivity contribution is -0.146. The number of benzene rings is 1. The second-order valence-corrected chi connectivity index (χ2v) is 4.06. The Balaban J connectivity index is 2.18. The van der Waals surface area contributed by atoms with Gasteiger partial charge in [0.2, 0.25) is 0 Å². The van der Waals surface area contributed by atoms with Crippen LogP contribution in [0.25, 0.3) is 0 Å². The van der Waals surface area contributed by atoms with Crippen molar-refractivity contribution in [2.75, 3.05) is 20.2 Å². The van der Waals surface area contributed by atoms with Crippen LogP contribution in [0.1, 0.15) is 10.4 Å². The Morgan fingerprint density at radius 2 is 2.11 bits per heavy atom. The molecule has 0 atom stereocenters. The monoisotopic (exact) mass is 253 g/mol. The summed E-state index contributed by atoms with van der Waals surface area (Å²) in [5.74, 6) is -2.56. The fraction of sp³-hybridized carbons (Fsp3) is 0.333. The quantitative estimate of drug-likeness (QED) is 0.872. The molecule has 0 radical (unpaired) electrons. The van der Waals surface area contributed by atoms with E-state index < -0.39 is 23.6 Å². The number of likely N-dealkylation sites (tertiary alicyclic amines) is 1. The highest BCUT2D eigenvalue weighted by Crippen LogP contribution is 2.26. The summed E-state index contributed by atoms with van der Waals surface area (Å²) >= 11 is 0. The van der Waals surface area contributed by atoms with E-state index in [-0.39, 0.29) is 24.4 Å². The number of carboxylic acids is 1. The molecule has 1 saturated heterocycles. The summed E-state index contributed by atoms with van der Waals surface area (Å²) in [6, 6.07) is 4.11. The number of carboxylic acid groups (broad SMARTS) is 1. The van der Waals surface area contributed by atoms with Crippen LogP contribution in [0.4, 0.5) is 4.39 Å². The molecule has 0 unspecified atom stereocenters. The lowest BCUT2D eigenvalue weighted by atomic mass is 9.99. The van der Waals surface area contributed by atoms with Crippen molar-refractivity contribution in [2.45, 2.75) is 0 Å². The molecule has 1 aliphatic heterocycles. The van der Waals surface area contributed by atoms with Gasteiger partial charge in [0.15, 0.2) is 0 Å². The van der Waals surface area contributed by atoms with Gasteiger partial charge < -0.3 is 14.7 Å². The molecule has 0 saturated carbocycles. The standard InChI is InChI=1S/C12H12FNO4/c1-18-9-4-2-3-8(13)10(9)11(15)14-5-7(6-14)12(16)17/h2-4,7H,5-6H2,1H3,(H,16,17). The zero-order chi connectivity index (χ0) is 13.3. The summed E-state index contributed by atoms with van der Waals surface area (Å²) in [6.45, 7) is 0.206. The highest BCUT2D eigenvalue weighted by molar-refractivity contribution is 5.98. The van der Waals surface area contributed by atoms with Crippen LogP contribution in [-0.2, 0) is 4.79 Å². The van der Waals surface area contributed by atoms with Crippen LogP contribution in [0, 0.1) is 11.7 Å². The van der Waals surface area contributed by atoms with Crippen molar-refractivity contribution in [3.05, 3.63) is 29.6 Å². The van der Waals surface area contributed by atoms with Crippen molar-refractivity contribution in [2.24, 2.45) is 5.92 Å². The fourth-order valence-corrected chi connectivity index (χ4v) is 1.84. The van der Waals surface area contributed by atoms with E-state index in [2.05, 4.69) is 0 Å². The van der Waals surface area contributed by atoms with Gasteiger partial charge in [-0.3, -0.25) is 9.59 Å². The predicted molar refractivity (Wildman–Crippen MR) is 60.0 cm³/mol. The molecule has 2 rings (SSSR count). The van der Waals surface area contributed by atoms with E-state index in [0.29, 0.717) is 0 Å². The zero-order valence-corrected chi connectivity index (χ0v) is 9.72. The molecule has 5 nitrogen and oxygen atoms in total. The second-order valence-electron chi connectivity index (χ2n) is 4.06. The molecule has 0 aliphatic carbocycles. The van der Waals surface area contributed by atoms with Crippen LogP contribution >= 0.6 is 0 Å². The number of methoxy groups -OCH3 is 1. The van der Waals surface area contributed by atoms with Gasteiger partial charge in [0.25, 0.3) is 5.91 Å². The molecule has 1 heterocycles. The smallest absolute Gasteiger partial charge is 0.310 e. The minimum absolute atomic E-state index is 0.103. The molecule has 1 aliphatic rings.